The maximum Gasteiger partial charge on any atom is 0.220 e. The van der Waals surface area contributed by atoms with Gasteiger partial charge in [-0.25, -0.2) is 8.42 Å². The molecule has 0 saturated heterocycles. The van der Waals surface area contributed by atoms with Gasteiger partial charge in [-0.3, -0.25) is 0 Å². The molecule has 4 nitrogen and oxygen atoms in total. The first-order valence-corrected chi connectivity index (χ1v) is 7.70. The fourth-order valence-corrected chi connectivity index (χ4v) is 4.31. The molecule has 1 aliphatic heterocycles. The van der Waals surface area contributed by atoms with E-state index in [-0.39, 0.29) is 10.7 Å². The zero-order chi connectivity index (χ0) is 11.8. The third-order valence-corrected chi connectivity index (χ3v) is 5.62. The highest BCUT2D eigenvalue weighted by atomic mass is 32.2. The standard InChI is InChI=1S/C9H12N2O2S3/c10-9(14)6-16(12,13)11-3-1-8-7(5-11)2-4-15-8/h2,4H,1,3,5-6H2,(H2,10,14). The molecule has 0 unspecified atom stereocenters. The molecule has 0 atom stereocenters. The highest BCUT2D eigenvalue weighted by Crippen LogP contribution is 2.25. The number of thiocarbonyl (C=S) groups is 1. The summed E-state index contributed by atoms with van der Waals surface area (Å²) in [5, 5.41) is 1.99. The molecular formula is C9H12N2O2S3. The van der Waals surface area contributed by atoms with Crippen molar-refractivity contribution >= 4 is 38.6 Å². The van der Waals surface area contributed by atoms with E-state index in [4.69, 9.17) is 5.73 Å². The lowest BCUT2D eigenvalue weighted by molar-refractivity contribution is 0.396. The molecule has 0 radical (unpaired) electrons. The minimum Gasteiger partial charge on any atom is -0.392 e. The van der Waals surface area contributed by atoms with Crippen molar-refractivity contribution in [2.24, 2.45) is 5.73 Å². The van der Waals surface area contributed by atoms with Crippen LogP contribution in [0.1, 0.15) is 10.4 Å². The lowest BCUT2D eigenvalue weighted by Gasteiger charge is -2.25. The molecule has 7 heteroatoms. The molecular weight excluding hydrogens is 264 g/mol. The quantitative estimate of drug-likeness (QED) is 0.826. The van der Waals surface area contributed by atoms with Crippen molar-refractivity contribution in [1.82, 2.24) is 4.31 Å². The zero-order valence-corrected chi connectivity index (χ0v) is 11.0. The van der Waals surface area contributed by atoms with Crippen LogP contribution in [-0.2, 0) is 23.0 Å². The van der Waals surface area contributed by atoms with Gasteiger partial charge in [0.25, 0.3) is 0 Å². The molecule has 88 valence electrons. The Bertz CT molecular complexity index is 507. The third-order valence-electron chi connectivity index (χ3n) is 2.49. The van der Waals surface area contributed by atoms with Crippen LogP contribution in [-0.4, -0.2) is 30.0 Å². The maximum absolute atomic E-state index is 11.9. The van der Waals surface area contributed by atoms with E-state index in [9.17, 15) is 8.42 Å². The maximum atomic E-state index is 11.9. The molecule has 0 spiro atoms. The Morgan fingerprint density at radius 2 is 2.38 bits per heavy atom. The number of hydrogen-bond donors (Lipinski definition) is 1. The molecule has 0 bridgehead atoms. The van der Waals surface area contributed by atoms with Crippen molar-refractivity contribution in [2.45, 2.75) is 13.0 Å². The normalized spacial score (nSPS) is 17.0. The van der Waals surface area contributed by atoms with E-state index < -0.39 is 10.0 Å². The number of nitrogens with two attached hydrogens (primary N) is 1. The van der Waals surface area contributed by atoms with Gasteiger partial charge in [0.15, 0.2) is 0 Å². The smallest absolute Gasteiger partial charge is 0.220 e. The van der Waals surface area contributed by atoms with Crippen LogP contribution in [0.5, 0.6) is 0 Å². The molecule has 0 aliphatic carbocycles. The molecule has 2 rings (SSSR count). The Hall–Kier alpha value is -0.500. The number of sulfonamides is 1. The summed E-state index contributed by atoms with van der Waals surface area (Å²) < 4.78 is 25.2. The molecule has 1 aromatic rings. The summed E-state index contributed by atoms with van der Waals surface area (Å²) >= 11 is 6.33. The van der Waals surface area contributed by atoms with E-state index >= 15 is 0 Å². The number of rotatable bonds is 3. The first-order chi connectivity index (χ1) is 7.49. The van der Waals surface area contributed by atoms with Crippen molar-refractivity contribution in [2.75, 3.05) is 12.3 Å². The molecule has 0 amide bonds. The third kappa shape index (κ3) is 2.42. The van der Waals surface area contributed by atoms with Crippen molar-refractivity contribution in [3.05, 3.63) is 21.9 Å². The number of fused-ring (bicyclic) bond motifs is 1. The molecule has 16 heavy (non-hydrogen) atoms. The largest absolute Gasteiger partial charge is 0.392 e. The summed E-state index contributed by atoms with van der Waals surface area (Å²) in [5.74, 6) is -0.234. The predicted molar refractivity (Wildman–Crippen MR) is 69.0 cm³/mol. The van der Waals surface area contributed by atoms with Crippen molar-refractivity contribution < 1.29 is 8.42 Å². The van der Waals surface area contributed by atoms with Gasteiger partial charge in [0.2, 0.25) is 10.0 Å². The van der Waals surface area contributed by atoms with E-state index in [1.54, 1.807) is 11.3 Å². The fourth-order valence-electron chi connectivity index (χ4n) is 1.73. The van der Waals surface area contributed by atoms with Crippen molar-refractivity contribution in [3.63, 3.8) is 0 Å². The van der Waals surface area contributed by atoms with E-state index in [1.165, 1.54) is 9.18 Å². The topological polar surface area (TPSA) is 63.4 Å². The van der Waals surface area contributed by atoms with Gasteiger partial charge in [0.1, 0.15) is 5.75 Å². The van der Waals surface area contributed by atoms with Crippen molar-refractivity contribution in [3.8, 4) is 0 Å². The highest BCUT2D eigenvalue weighted by Gasteiger charge is 2.27. The zero-order valence-electron chi connectivity index (χ0n) is 8.55. The number of nitrogens with zero attached hydrogens (tertiary/aromatic N) is 1. The average Bonchev–Trinajstić information content (AvgIpc) is 2.61. The van der Waals surface area contributed by atoms with Gasteiger partial charge in [-0.15, -0.1) is 11.3 Å². The second kappa shape index (κ2) is 4.40. The lowest BCUT2D eigenvalue weighted by Crippen LogP contribution is -2.39. The van der Waals surface area contributed by atoms with Crippen LogP contribution in [0.15, 0.2) is 11.4 Å². The Labute approximate surface area is 104 Å². The summed E-state index contributed by atoms with van der Waals surface area (Å²) in [4.78, 5) is 1.30. The summed E-state index contributed by atoms with van der Waals surface area (Å²) in [6.45, 7) is 0.974. The molecule has 1 aliphatic rings. The lowest BCUT2D eigenvalue weighted by atomic mass is 10.1. The van der Waals surface area contributed by atoms with Gasteiger partial charge in [-0.05, 0) is 23.4 Å². The van der Waals surface area contributed by atoms with E-state index in [2.05, 4.69) is 12.2 Å². The fraction of sp³-hybridized carbons (Fsp3) is 0.444. The minimum absolute atomic E-state index is 0.0242. The van der Waals surface area contributed by atoms with Gasteiger partial charge in [0, 0.05) is 18.0 Å². The van der Waals surface area contributed by atoms with Gasteiger partial charge in [0.05, 0.1) is 4.99 Å². The van der Waals surface area contributed by atoms with Gasteiger partial charge in [-0.2, -0.15) is 4.31 Å². The Balaban J connectivity index is 2.17. The monoisotopic (exact) mass is 276 g/mol. The van der Waals surface area contributed by atoms with E-state index in [0.717, 1.165) is 12.0 Å². The van der Waals surface area contributed by atoms with Crippen LogP contribution in [0.25, 0.3) is 0 Å². The summed E-state index contributed by atoms with van der Waals surface area (Å²) in [5.41, 5.74) is 6.39. The molecule has 0 fully saturated rings. The van der Waals surface area contributed by atoms with Gasteiger partial charge >= 0.3 is 0 Å². The van der Waals surface area contributed by atoms with Crippen LogP contribution in [0.2, 0.25) is 0 Å². The summed E-state index contributed by atoms with van der Waals surface area (Å²) in [6, 6.07) is 1.97. The van der Waals surface area contributed by atoms with Crippen LogP contribution in [0, 0.1) is 0 Å². The molecule has 0 aromatic carbocycles. The van der Waals surface area contributed by atoms with Crippen molar-refractivity contribution in [1.29, 1.82) is 0 Å². The van der Waals surface area contributed by atoms with E-state index in [0.29, 0.717) is 13.1 Å². The minimum atomic E-state index is -3.33. The first-order valence-electron chi connectivity index (χ1n) is 4.80. The second-order valence-corrected chi connectivity index (χ2v) is 7.17. The Kier molecular flexibility index (Phi) is 3.29. The second-order valence-electron chi connectivity index (χ2n) is 3.68. The summed E-state index contributed by atoms with van der Waals surface area (Å²) in [7, 11) is -3.33. The molecule has 2 heterocycles. The van der Waals surface area contributed by atoms with E-state index in [1.807, 2.05) is 11.4 Å². The van der Waals surface area contributed by atoms with Crippen LogP contribution >= 0.6 is 23.6 Å². The Morgan fingerprint density at radius 1 is 1.62 bits per heavy atom. The highest BCUT2D eigenvalue weighted by molar-refractivity contribution is 7.92. The Morgan fingerprint density at radius 3 is 3.06 bits per heavy atom. The first kappa shape index (κ1) is 12.0. The SMILES string of the molecule is NC(=S)CS(=O)(=O)N1CCc2sccc2C1. The average molecular weight is 276 g/mol. The predicted octanol–water partition coefficient (Wildman–Crippen LogP) is 0.722. The molecule has 1 aromatic heterocycles. The van der Waals surface area contributed by atoms with Crippen LogP contribution < -0.4 is 5.73 Å². The van der Waals surface area contributed by atoms with Crippen LogP contribution in [0.4, 0.5) is 0 Å². The summed E-state index contributed by atoms with van der Waals surface area (Å²) in [6.07, 6.45) is 0.781. The molecule has 2 N–H and O–H groups in total. The van der Waals surface area contributed by atoms with Gasteiger partial charge in [-0.1, -0.05) is 12.2 Å². The van der Waals surface area contributed by atoms with Gasteiger partial charge < -0.3 is 5.73 Å². The van der Waals surface area contributed by atoms with Crippen LogP contribution in [0.3, 0.4) is 0 Å². The molecule has 0 saturated carbocycles. The number of hydrogen-bond acceptors (Lipinski definition) is 4. The number of thiophene rings is 1.